The van der Waals surface area contributed by atoms with Crippen LogP contribution in [0.1, 0.15) is 208 Å². The van der Waals surface area contributed by atoms with Gasteiger partial charge < -0.3 is 33.2 Å². The molecule has 0 aliphatic rings. The fourth-order valence-corrected chi connectivity index (χ4v) is 5.65. The summed E-state index contributed by atoms with van der Waals surface area (Å²) >= 11 is 0. The lowest BCUT2D eigenvalue weighted by Gasteiger charge is -2.22. The summed E-state index contributed by atoms with van der Waals surface area (Å²) in [6, 6.07) is 0. The van der Waals surface area contributed by atoms with Crippen LogP contribution in [0.3, 0.4) is 0 Å². The van der Waals surface area contributed by atoms with E-state index in [0.29, 0.717) is 13.2 Å². The minimum Gasteiger partial charge on any atom is -0.353 e. The quantitative estimate of drug-likeness (QED) is 0.0349. The lowest BCUT2D eigenvalue weighted by atomic mass is 10.1. The summed E-state index contributed by atoms with van der Waals surface area (Å²) in [5.74, 6) is 0. The minimum absolute atomic E-state index is 0.0874. The Hall–Kier alpha value is -0.800. The normalized spacial score (nSPS) is 13.4. The van der Waals surface area contributed by atoms with Crippen molar-refractivity contribution in [2.75, 3.05) is 39.6 Å². The highest BCUT2D eigenvalue weighted by Crippen LogP contribution is 2.15. The number of hydrogen-bond donors (Lipinski definition) is 0. The third-order valence-electron chi connectivity index (χ3n) is 9.24. The molecule has 2 unspecified atom stereocenters. The van der Waals surface area contributed by atoms with Gasteiger partial charge in [-0.15, -0.1) is 0 Å². The second kappa shape index (κ2) is 43.9. The molecule has 0 rings (SSSR count). The first kappa shape index (κ1) is 52.2. The average Bonchev–Trinajstić information content (AvgIpc) is 3.16. The zero-order valence-electron chi connectivity index (χ0n) is 36.1. The predicted molar refractivity (Wildman–Crippen MR) is 224 cm³/mol. The second-order valence-electron chi connectivity index (χ2n) is 14.6. The lowest BCUT2D eigenvalue weighted by Crippen LogP contribution is -2.25. The third-order valence-corrected chi connectivity index (χ3v) is 9.24. The van der Waals surface area contributed by atoms with Crippen molar-refractivity contribution < 1.29 is 33.2 Å². The number of ether oxygens (including phenoxy) is 7. The van der Waals surface area contributed by atoms with Crippen LogP contribution in [0.5, 0.6) is 0 Å². The Morgan fingerprint density at radius 2 is 0.642 bits per heavy atom. The molecule has 316 valence electrons. The lowest BCUT2D eigenvalue weighted by molar-refractivity contribution is -0.208. The van der Waals surface area contributed by atoms with E-state index < -0.39 is 12.6 Å². The van der Waals surface area contributed by atoms with Crippen molar-refractivity contribution >= 4 is 0 Å². The Balaban J connectivity index is 5.24. The van der Waals surface area contributed by atoms with Crippen LogP contribution in [0.2, 0.25) is 0 Å². The van der Waals surface area contributed by atoms with Gasteiger partial charge in [0.2, 0.25) is 0 Å². The van der Waals surface area contributed by atoms with Crippen LogP contribution in [0.25, 0.3) is 0 Å². The zero-order valence-corrected chi connectivity index (χ0v) is 36.1. The predicted octanol–water partition coefficient (Wildman–Crippen LogP) is 13.8. The van der Waals surface area contributed by atoms with Crippen molar-refractivity contribution in [3.8, 4) is 0 Å². The Kier molecular flexibility index (Phi) is 43.3. The van der Waals surface area contributed by atoms with Gasteiger partial charge in [-0.1, -0.05) is 131 Å². The van der Waals surface area contributed by atoms with Gasteiger partial charge in [-0.05, 0) is 102 Å². The number of unbranched alkanes of at least 4 members (excludes halogenated alkanes) is 16. The maximum atomic E-state index is 6.52. The molecule has 0 N–H and O–H groups in total. The highest BCUT2D eigenvalue weighted by molar-refractivity contribution is 4.90. The molecule has 53 heavy (non-hydrogen) atoms. The van der Waals surface area contributed by atoms with Crippen molar-refractivity contribution in [3.05, 3.63) is 24.3 Å². The summed E-state index contributed by atoms with van der Waals surface area (Å²) in [6.45, 7) is 17.8. The molecule has 0 aliphatic carbocycles. The van der Waals surface area contributed by atoms with Crippen LogP contribution in [0, 0.1) is 0 Å². The molecule has 0 aliphatic heterocycles. The zero-order chi connectivity index (χ0) is 38.7. The molecule has 0 amide bonds. The van der Waals surface area contributed by atoms with Gasteiger partial charge in [-0.3, -0.25) is 0 Å². The van der Waals surface area contributed by atoms with Crippen molar-refractivity contribution in [2.24, 2.45) is 0 Å². The molecule has 0 aromatic heterocycles. The van der Waals surface area contributed by atoms with Crippen LogP contribution in [0.15, 0.2) is 24.3 Å². The van der Waals surface area contributed by atoms with Gasteiger partial charge in [0.25, 0.3) is 0 Å². The van der Waals surface area contributed by atoms with Crippen molar-refractivity contribution in [3.63, 3.8) is 0 Å². The van der Waals surface area contributed by atoms with Crippen molar-refractivity contribution in [1.82, 2.24) is 0 Å². The Labute approximate surface area is 330 Å². The van der Waals surface area contributed by atoms with E-state index in [-0.39, 0.29) is 12.6 Å². The van der Waals surface area contributed by atoms with Gasteiger partial charge in [0.05, 0.1) is 13.2 Å². The standard InChI is InChI=1S/C46H90O7/c1-7-13-19-25-31-41-51-45(35-29-23-21-27-33-43(47-37-15-9-3)48-38-16-10-4)53-46(52-42-32-26-20-14-8-2)36-30-24-22-28-34-44(49-39-17-11-5)50-40-18-12-6/h29-30,35-36,43-46H,7-28,31-34,37-42H2,1-6H3. The van der Waals surface area contributed by atoms with Crippen LogP contribution >= 0.6 is 0 Å². The second-order valence-corrected chi connectivity index (χ2v) is 14.6. The summed E-state index contributed by atoms with van der Waals surface area (Å²) in [7, 11) is 0. The minimum atomic E-state index is -0.431. The smallest absolute Gasteiger partial charge is 0.180 e. The SMILES string of the molecule is CCCCCCCOC(C=CCCCCC(OCCCC)OCCCC)OC(C=CCCCCC(OCCCC)OCCCC)OCCCCCCC. The van der Waals surface area contributed by atoms with Crippen molar-refractivity contribution in [2.45, 2.75) is 234 Å². The van der Waals surface area contributed by atoms with Gasteiger partial charge >= 0.3 is 0 Å². The van der Waals surface area contributed by atoms with Gasteiger partial charge in [-0.25, -0.2) is 0 Å². The fourth-order valence-electron chi connectivity index (χ4n) is 5.65. The monoisotopic (exact) mass is 755 g/mol. The number of hydrogen-bond acceptors (Lipinski definition) is 7. The molecule has 7 heteroatoms. The topological polar surface area (TPSA) is 64.6 Å². The van der Waals surface area contributed by atoms with Gasteiger partial charge in [0, 0.05) is 26.4 Å². The summed E-state index contributed by atoms with van der Waals surface area (Å²) in [6.07, 6.45) is 36.7. The van der Waals surface area contributed by atoms with Crippen LogP contribution in [-0.4, -0.2) is 64.8 Å². The highest BCUT2D eigenvalue weighted by Gasteiger charge is 2.15. The van der Waals surface area contributed by atoms with E-state index in [4.69, 9.17) is 33.2 Å². The molecular formula is C46H90O7. The molecule has 0 bridgehead atoms. The molecule has 7 nitrogen and oxygen atoms in total. The number of rotatable bonds is 44. The van der Waals surface area contributed by atoms with E-state index in [1.165, 1.54) is 51.4 Å². The largest absolute Gasteiger partial charge is 0.353 e. The molecule has 0 aromatic carbocycles. The van der Waals surface area contributed by atoms with E-state index in [1.807, 2.05) is 0 Å². The Morgan fingerprint density at radius 1 is 0.321 bits per heavy atom. The van der Waals surface area contributed by atoms with E-state index in [1.54, 1.807) is 0 Å². The molecule has 0 spiro atoms. The van der Waals surface area contributed by atoms with E-state index in [0.717, 1.165) is 142 Å². The van der Waals surface area contributed by atoms with E-state index >= 15 is 0 Å². The average molecular weight is 755 g/mol. The van der Waals surface area contributed by atoms with Crippen LogP contribution < -0.4 is 0 Å². The first-order valence-corrected chi connectivity index (χ1v) is 22.8. The first-order valence-electron chi connectivity index (χ1n) is 22.8. The Bertz CT molecular complexity index is 665. The van der Waals surface area contributed by atoms with Crippen LogP contribution in [-0.2, 0) is 33.2 Å². The summed E-state index contributed by atoms with van der Waals surface area (Å²) in [5, 5.41) is 0. The van der Waals surface area contributed by atoms with Gasteiger partial charge in [0.1, 0.15) is 0 Å². The van der Waals surface area contributed by atoms with E-state index in [2.05, 4.69) is 65.8 Å². The van der Waals surface area contributed by atoms with Gasteiger partial charge in [0.15, 0.2) is 25.2 Å². The highest BCUT2D eigenvalue weighted by atomic mass is 16.8. The molecule has 0 radical (unpaired) electrons. The van der Waals surface area contributed by atoms with Crippen molar-refractivity contribution in [1.29, 1.82) is 0 Å². The molecule has 0 aromatic rings. The number of allylic oxidation sites excluding steroid dienone is 2. The summed E-state index contributed by atoms with van der Waals surface area (Å²) in [5.41, 5.74) is 0. The molecule has 0 heterocycles. The molecule has 0 saturated carbocycles. The third kappa shape index (κ3) is 37.9. The fraction of sp³-hybridized carbons (Fsp3) is 0.913. The van der Waals surface area contributed by atoms with E-state index in [9.17, 15) is 0 Å². The Morgan fingerprint density at radius 3 is 0.981 bits per heavy atom. The maximum absolute atomic E-state index is 6.52. The molecule has 2 atom stereocenters. The molecule has 0 fully saturated rings. The first-order chi connectivity index (χ1) is 26.1. The summed E-state index contributed by atoms with van der Waals surface area (Å²) < 4.78 is 43.4. The van der Waals surface area contributed by atoms with Gasteiger partial charge in [-0.2, -0.15) is 0 Å². The summed E-state index contributed by atoms with van der Waals surface area (Å²) in [4.78, 5) is 0. The molecular weight excluding hydrogens is 664 g/mol. The van der Waals surface area contributed by atoms with Crippen LogP contribution in [0.4, 0.5) is 0 Å². The maximum Gasteiger partial charge on any atom is 0.180 e. The molecule has 0 saturated heterocycles.